The molecule has 0 unspecified atom stereocenters. The van der Waals surface area contributed by atoms with E-state index in [0.717, 1.165) is 16.5 Å². The molecule has 0 atom stereocenters. The monoisotopic (exact) mass is 340 g/mol. The van der Waals surface area contributed by atoms with Crippen LogP contribution in [-0.4, -0.2) is 19.1 Å². The lowest BCUT2D eigenvalue weighted by Crippen LogP contribution is -2.23. The fraction of sp³-hybridized carbons (Fsp3) is 0.0909. The number of amides is 1. The fourth-order valence-corrected chi connectivity index (χ4v) is 2.51. The molecule has 0 fully saturated rings. The normalized spacial score (nSPS) is 9.65. The lowest BCUT2D eigenvalue weighted by atomic mass is 10.1. The molecular weight excluding hydrogens is 324 g/mol. The van der Waals surface area contributed by atoms with Crippen LogP contribution in [0, 0.1) is 23.2 Å². The minimum Gasteiger partial charge on any atom is -0.480 e. The van der Waals surface area contributed by atoms with Crippen molar-refractivity contribution in [2.24, 2.45) is 0 Å². The maximum Gasteiger partial charge on any atom is 0.252 e. The van der Waals surface area contributed by atoms with Gasteiger partial charge in [0.2, 0.25) is 0 Å². The van der Waals surface area contributed by atoms with Crippen molar-refractivity contribution >= 4 is 16.7 Å². The number of ether oxygens (including phenoxy) is 1. The van der Waals surface area contributed by atoms with Crippen molar-refractivity contribution in [1.29, 1.82) is 5.26 Å². The Hall–Kier alpha value is -3.76. The maximum absolute atomic E-state index is 12.0. The number of nitrogens with zero attached hydrogens (tertiary/aromatic N) is 1. The summed E-state index contributed by atoms with van der Waals surface area (Å²) in [5, 5.41) is 13.7. The van der Waals surface area contributed by atoms with E-state index < -0.39 is 0 Å². The van der Waals surface area contributed by atoms with Gasteiger partial charge in [0.15, 0.2) is 0 Å². The summed E-state index contributed by atoms with van der Waals surface area (Å²) in [5.41, 5.74) is 0.894. The highest BCUT2D eigenvalue weighted by molar-refractivity contribution is 5.94. The third-order valence-corrected chi connectivity index (χ3v) is 3.77. The van der Waals surface area contributed by atoms with E-state index >= 15 is 0 Å². The molecule has 0 aliphatic rings. The Morgan fingerprint density at radius 3 is 2.69 bits per heavy atom. The molecule has 3 rings (SSSR count). The number of nitriles is 1. The first-order valence-corrected chi connectivity index (χ1v) is 8.12. The largest absolute Gasteiger partial charge is 0.480 e. The van der Waals surface area contributed by atoms with Gasteiger partial charge in [-0.15, -0.1) is 0 Å². The van der Waals surface area contributed by atoms with Gasteiger partial charge in [-0.3, -0.25) is 4.79 Å². The van der Waals surface area contributed by atoms with Crippen LogP contribution in [0.1, 0.15) is 15.9 Å². The molecule has 0 aliphatic heterocycles. The molecule has 3 aromatic carbocycles. The summed E-state index contributed by atoms with van der Waals surface area (Å²) >= 11 is 0. The minimum absolute atomic E-state index is 0.217. The molecule has 0 spiro atoms. The van der Waals surface area contributed by atoms with Gasteiger partial charge in [-0.25, -0.2) is 0 Å². The summed E-state index contributed by atoms with van der Waals surface area (Å²) in [6, 6.07) is 22.4. The Labute approximate surface area is 152 Å². The highest BCUT2D eigenvalue weighted by atomic mass is 16.5. The Kier molecular flexibility index (Phi) is 5.50. The van der Waals surface area contributed by atoms with Gasteiger partial charge in [0.05, 0.1) is 18.2 Å². The van der Waals surface area contributed by atoms with Gasteiger partial charge in [-0.05, 0) is 29.7 Å². The van der Waals surface area contributed by atoms with Crippen LogP contribution in [0.3, 0.4) is 0 Å². The van der Waals surface area contributed by atoms with Crippen LogP contribution in [0.15, 0.2) is 66.7 Å². The zero-order chi connectivity index (χ0) is 18.2. The Morgan fingerprint density at radius 1 is 1.00 bits per heavy atom. The number of carbonyl (C=O) groups excluding carboxylic acids is 1. The van der Waals surface area contributed by atoms with E-state index in [1.165, 1.54) is 0 Å². The number of rotatable bonds is 4. The average molecular weight is 340 g/mol. The van der Waals surface area contributed by atoms with Crippen molar-refractivity contribution in [2.45, 2.75) is 0 Å². The highest BCUT2D eigenvalue weighted by Crippen LogP contribution is 2.24. The summed E-state index contributed by atoms with van der Waals surface area (Å²) in [6.45, 7) is 0.461. The lowest BCUT2D eigenvalue weighted by Gasteiger charge is -2.06. The molecule has 4 heteroatoms. The van der Waals surface area contributed by atoms with E-state index in [-0.39, 0.29) is 19.1 Å². The molecule has 0 bridgehead atoms. The van der Waals surface area contributed by atoms with E-state index in [1.54, 1.807) is 24.3 Å². The van der Waals surface area contributed by atoms with E-state index in [0.29, 0.717) is 11.1 Å². The number of hydrogen-bond acceptors (Lipinski definition) is 3. The van der Waals surface area contributed by atoms with Crippen molar-refractivity contribution in [3.8, 4) is 23.7 Å². The predicted octanol–water partition coefficient (Wildman–Crippen LogP) is 3.52. The molecule has 0 saturated carbocycles. The standard InChI is InChI=1S/C22H16N2O2/c23-16-17-7-5-10-19(15-17)22(25)24-13-3-4-14-26-21-12-6-9-18-8-1-2-11-20(18)21/h1-2,5-12,15H,13-14H2,(H,24,25). The summed E-state index contributed by atoms with van der Waals surface area (Å²) in [4.78, 5) is 12.0. The summed E-state index contributed by atoms with van der Waals surface area (Å²) in [7, 11) is 0. The number of benzene rings is 3. The van der Waals surface area contributed by atoms with Crippen molar-refractivity contribution in [2.75, 3.05) is 13.2 Å². The molecule has 0 radical (unpaired) electrons. The van der Waals surface area contributed by atoms with Crippen molar-refractivity contribution in [3.05, 3.63) is 77.9 Å². The summed E-state index contributed by atoms with van der Waals surface area (Å²) < 4.78 is 5.72. The molecule has 1 amide bonds. The number of fused-ring (bicyclic) bond motifs is 1. The highest BCUT2D eigenvalue weighted by Gasteiger charge is 2.04. The van der Waals surface area contributed by atoms with Crippen LogP contribution in [0.5, 0.6) is 5.75 Å². The van der Waals surface area contributed by atoms with Gasteiger partial charge in [0.25, 0.3) is 5.91 Å². The van der Waals surface area contributed by atoms with Gasteiger partial charge in [-0.2, -0.15) is 5.26 Å². The molecule has 1 N–H and O–H groups in total. The van der Waals surface area contributed by atoms with Gasteiger partial charge in [0.1, 0.15) is 12.4 Å². The maximum atomic E-state index is 12.0. The molecule has 4 nitrogen and oxygen atoms in total. The zero-order valence-electron chi connectivity index (χ0n) is 14.0. The molecule has 0 heterocycles. The minimum atomic E-state index is -0.258. The van der Waals surface area contributed by atoms with Gasteiger partial charge >= 0.3 is 0 Å². The third kappa shape index (κ3) is 4.20. The quantitative estimate of drug-likeness (QED) is 0.739. The van der Waals surface area contributed by atoms with Crippen LogP contribution >= 0.6 is 0 Å². The Balaban J connectivity index is 1.51. The number of carbonyl (C=O) groups is 1. The number of hydrogen-bond donors (Lipinski definition) is 1. The van der Waals surface area contributed by atoms with Gasteiger partial charge in [-0.1, -0.05) is 54.3 Å². The smallest absolute Gasteiger partial charge is 0.252 e. The lowest BCUT2D eigenvalue weighted by molar-refractivity contribution is 0.0958. The second kappa shape index (κ2) is 8.37. The first kappa shape index (κ1) is 17.1. The third-order valence-electron chi connectivity index (χ3n) is 3.77. The van der Waals surface area contributed by atoms with Crippen molar-refractivity contribution < 1.29 is 9.53 Å². The second-order valence-electron chi connectivity index (χ2n) is 5.49. The van der Waals surface area contributed by atoms with Crippen LogP contribution < -0.4 is 10.1 Å². The SMILES string of the molecule is N#Cc1cccc(C(=O)NCC#CCOc2cccc3ccccc23)c1. The van der Waals surface area contributed by atoms with Crippen LogP contribution in [0.4, 0.5) is 0 Å². The van der Waals surface area contributed by atoms with Crippen LogP contribution in [0.25, 0.3) is 10.8 Å². The zero-order valence-corrected chi connectivity index (χ0v) is 14.0. The van der Waals surface area contributed by atoms with E-state index in [1.807, 2.05) is 48.5 Å². The summed E-state index contributed by atoms with van der Waals surface area (Å²) in [5.74, 6) is 6.28. The first-order valence-electron chi connectivity index (χ1n) is 8.12. The molecule has 3 aromatic rings. The molecule has 26 heavy (non-hydrogen) atoms. The van der Waals surface area contributed by atoms with Gasteiger partial charge < -0.3 is 10.1 Å². The number of nitrogens with one attached hydrogen (secondary N) is 1. The molecule has 0 aliphatic carbocycles. The fourth-order valence-electron chi connectivity index (χ4n) is 2.51. The Morgan fingerprint density at radius 2 is 1.81 bits per heavy atom. The molecule has 0 aromatic heterocycles. The van der Waals surface area contributed by atoms with E-state index in [2.05, 4.69) is 17.2 Å². The predicted molar refractivity (Wildman–Crippen MR) is 101 cm³/mol. The summed E-state index contributed by atoms with van der Waals surface area (Å²) in [6.07, 6.45) is 0. The molecule has 0 saturated heterocycles. The van der Waals surface area contributed by atoms with Crippen LogP contribution in [-0.2, 0) is 0 Å². The van der Waals surface area contributed by atoms with Gasteiger partial charge in [0, 0.05) is 10.9 Å². The topological polar surface area (TPSA) is 62.1 Å². The van der Waals surface area contributed by atoms with E-state index in [4.69, 9.17) is 10.00 Å². The molecular formula is C22H16N2O2. The van der Waals surface area contributed by atoms with E-state index in [9.17, 15) is 4.79 Å². The molecule has 126 valence electrons. The Bertz CT molecular complexity index is 1030. The second-order valence-corrected chi connectivity index (χ2v) is 5.49. The van der Waals surface area contributed by atoms with Crippen molar-refractivity contribution in [3.63, 3.8) is 0 Å². The van der Waals surface area contributed by atoms with Crippen molar-refractivity contribution in [1.82, 2.24) is 5.32 Å². The van der Waals surface area contributed by atoms with Crippen LogP contribution in [0.2, 0.25) is 0 Å². The average Bonchev–Trinajstić information content (AvgIpc) is 2.70. The first-order chi connectivity index (χ1) is 12.8.